The number of rotatable bonds is 4. The molecular formula is C22H20N4O3. The number of hydrogen-bond acceptors (Lipinski definition) is 6. The Bertz CT molecular complexity index is 1120. The Labute approximate surface area is 168 Å². The molecule has 2 unspecified atom stereocenters. The van der Waals surface area contributed by atoms with Crippen molar-refractivity contribution in [2.75, 3.05) is 14.2 Å². The summed E-state index contributed by atoms with van der Waals surface area (Å²) < 4.78 is 18.1. The largest absolute Gasteiger partial charge is 0.493 e. The smallest absolute Gasteiger partial charge is 0.223 e. The molecule has 146 valence electrons. The fourth-order valence-corrected chi connectivity index (χ4v) is 3.76. The molecule has 0 radical (unpaired) electrons. The van der Waals surface area contributed by atoms with E-state index in [-0.39, 0.29) is 11.8 Å². The van der Waals surface area contributed by atoms with Gasteiger partial charge >= 0.3 is 0 Å². The number of fused-ring (bicyclic) bond motifs is 1. The zero-order valence-corrected chi connectivity index (χ0v) is 16.3. The number of hydrogen-bond donors (Lipinski definition) is 1. The van der Waals surface area contributed by atoms with E-state index in [9.17, 15) is 5.26 Å². The molecule has 1 aromatic heterocycles. The highest BCUT2D eigenvalue weighted by Gasteiger charge is 2.41. The van der Waals surface area contributed by atoms with E-state index in [0.29, 0.717) is 23.1 Å². The van der Waals surface area contributed by atoms with Gasteiger partial charge in [-0.1, -0.05) is 30.3 Å². The van der Waals surface area contributed by atoms with Gasteiger partial charge in [0.2, 0.25) is 11.8 Å². The summed E-state index contributed by atoms with van der Waals surface area (Å²) in [6.07, 6.45) is 0. The summed E-state index contributed by atoms with van der Waals surface area (Å²) in [5.74, 6) is 0.494. The molecule has 29 heavy (non-hydrogen) atoms. The van der Waals surface area contributed by atoms with E-state index in [1.165, 1.54) is 0 Å². The van der Waals surface area contributed by atoms with Crippen molar-refractivity contribution in [3.05, 3.63) is 59.7 Å². The Balaban J connectivity index is 1.96. The summed E-state index contributed by atoms with van der Waals surface area (Å²) in [4.78, 5) is 0. The number of benzene rings is 2. The van der Waals surface area contributed by atoms with Gasteiger partial charge in [-0.3, -0.25) is 5.41 Å². The van der Waals surface area contributed by atoms with Gasteiger partial charge in [0, 0.05) is 18.5 Å². The van der Waals surface area contributed by atoms with Gasteiger partial charge in [-0.25, -0.2) is 4.68 Å². The molecule has 7 nitrogen and oxygen atoms in total. The van der Waals surface area contributed by atoms with Crippen molar-refractivity contribution >= 4 is 5.90 Å². The summed E-state index contributed by atoms with van der Waals surface area (Å²) >= 11 is 0. The lowest BCUT2D eigenvalue weighted by Crippen LogP contribution is -2.31. The van der Waals surface area contributed by atoms with Gasteiger partial charge in [0.05, 0.1) is 25.9 Å². The Morgan fingerprint density at radius 1 is 1.10 bits per heavy atom. The lowest BCUT2D eigenvalue weighted by Gasteiger charge is -2.28. The third kappa shape index (κ3) is 2.99. The number of aromatic nitrogens is 2. The summed E-state index contributed by atoms with van der Waals surface area (Å²) in [5.41, 5.74) is 3.22. The minimum Gasteiger partial charge on any atom is -0.493 e. The van der Waals surface area contributed by atoms with Gasteiger partial charge in [-0.15, -0.1) is 0 Å². The Morgan fingerprint density at radius 2 is 1.83 bits per heavy atom. The lowest BCUT2D eigenvalue weighted by atomic mass is 9.79. The van der Waals surface area contributed by atoms with E-state index < -0.39 is 5.92 Å². The van der Waals surface area contributed by atoms with Crippen LogP contribution in [0.25, 0.3) is 11.3 Å². The number of nitrogens with one attached hydrogen (secondary N) is 1. The molecule has 0 saturated carbocycles. The normalized spacial score (nSPS) is 17.8. The first-order valence-electron chi connectivity index (χ1n) is 9.09. The van der Waals surface area contributed by atoms with E-state index >= 15 is 0 Å². The van der Waals surface area contributed by atoms with Crippen LogP contribution in [0.3, 0.4) is 0 Å². The van der Waals surface area contributed by atoms with E-state index in [4.69, 9.17) is 19.6 Å². The van der Waals surface area contributed by atoms with E-state index in [0.717, 1.165) is 16.7 Å². The maximum atomic E-state index is 9.80. The molecule has 0 fully saturated rings. The van der Waals surface area contributed by atoms with Crippen molar-refractivity contribution in [2.45, 2.75) is 5.92 Å². The van der Waals surface area contributed by atoms with Gasteiger partial charge < -0.3 is 14.2 Å². The minimum atomic E-state index is -0.743. The van der Waals surface area contributed by atoms with Crippen LogP contribution in [-0.4, -0.2) is 29.9 Å². The maximum Gasteiger partial charge on any atom is 0.223 e. The van der Waals surface area contributed by atoms with Crippen molar-refractivity contribution in [1.29, 1.82) is 10.7 Å². The molecule has 2 atom stereocenters. The molecule has 4 rings (SSSR count). The average Bonchev–Trinajstić information content (AvgIpc) is 3.08. The van der Waals surface area contributed by atoms with Crippen LogP contribution in [0.1, 0.15) is 17.0 Å². The highest BCUT2D eigenvalue weighted by molar-refractivity contribution is 5.87. The van der Waals surface area contributed by atoms with Crippen LogP contribution in [-0.2, 0) is 7.05 Å². The van der Waals surface area contributed by atoms with Crippen molar-refractivity contribution in [3.8, 4) is 34.7 Å². The molecule has 1 N–H and O–H groups in total. The molecule has 0 amide bonds. The first kappa shape index (κ1) is 18.6. The quantitative estimate of drug-likeness (QED) is 0.735. The molecule has 3 aromatic rings. The van der Waals surface area contributed by atoms with Gasteiger partial charge in [0.25, 0.3) is 0 Å². The van der Waals surface area contributed by atoms with Crippen molar-refractivity contribution in [1.82, 2.24) is 9.78 Å². The molecule has 7 heteroatoms. The van der Waals surface area contributed by atoms with Crippen molar-refractivity contribution in [2.24, 2.45) is 13.0 Å². The second-order valence-electron chi connectivity index (χ2n) is 6.72. The fraction of sp³-hybridized carbons (Fsp3) is 0.227. The second-order valence-corrected chi connectivity index (χ2v) is 6.72. The van der Waals surface area contributed by atoms with Crippen LogP contribution in [0.2, 0.25) is 0 Å². The van der Waals surface area contributed by atoms with E-state index in [1.54, 1.807) is 25.9 Å². The second kappa shape index (κ2) is 7.32. The lowest BCUT2D eigenvalue weighted by molar-refractivity contribution is 0.355. The number of methoxy groups -OCH3 is 2. The number of nitriles is 1. The molecule has 1 aliphatic rings. The van der Waals surface area contributed by atoms with E-state index in [2.05, 4.69) is 11.2 Å². The molecule has 0 spiro atoms. The van der Waals surface area contributed by atoms with Crippen LogP contribution < -0.4 is 14.2 Å². The highest BCUT2D eigenvalue weighted by Crippen LogP contribution is 2.47. The van der Waals surface area contributed by atoms with Gasteiger partial charge in [0.1, 0.15) is 11.6 Å². The predicted molar refractivity (Wildman–Crippen MR) is 107 cm³/mol. The maximum absolute atomic E-state index is 9.80. The van der Waals surface area contributed by atoms with Crippen LogP contribution in [0.5, 0.6) is 17.4 Å². The Morgan fingerprint density at radius 3 is 2.48 bits per heavy atom. The molecule has 0 aliphatic carbocycles. The Kier molecular flexibility index (Phi) is 4.69. The molecule has 2 aromatic carbocycles. The third-order valence-electron chi connectivity index (χ3n) is 5.12. The van der Waals surface area contributed by atoms with Crippen LogP contribution in [0.4, 0.5) is 0 Å². The predicted octanol–water partition coefficient (Wildman–Crippen LogP) is 3.75. The summed E-state index contributed by atoms with van der Waals surface area (Å²) in [5, 5.41) is 22.7. The zero-order valence-electron chi connectivity index (χ0n) is 16.3. The molecule has 0 saturated heterocycles. The van der Waals surface area contributed by atoms with Crippen LogP contribution >= 0.6 is 0 Å². The first-order chi connectivity index (χ1) is 14.1. The average molecular weight is 388 g/mol. The molecule has 0 bridgehead atoms. The van der Waals surface area contributed by atoms with Gasteiger partial charge in [0.15, 0.2) is 11.5 Å². The standard InChI is InChI=1S/C22H20N4O3/c1-26-22-19(20(25-26)14-9-10-16(27-2)17(11-14)28-3)18(13-7-5-4-6-8-13)15(12-23)21(24)29-22/h4-11,15,18,24H,1-3H3. The van der Waals surface area contributed by atoms with Crippen molar-refractivity contribution in [3.63, 3.8) is 0 Å². The fourth-order valence-electron chi connectivity index (χ4n) is 3.76. The van der Waals surface area contributed by atoms with Crippen LogP contribution in [0, 0.1) is 22.7 Å². The third-order valence-corrected chi connectivity index (χ3v) is 5.12. The molecule has 1 aliphatic heterocycles. The minimum absolute atomic E-state index is 0.0734. The number of ether oxygens (including phenoxy) is 3. The van der Waals surface area contributed by atoms with Crippen molar-refractivity contribution < 1.29 is 14.2 Å². The number of aryl methyl sites for hydroxylation is 1. The highest BCUT2D eigenvalue weighted by atomic mass is 16.5. The van der Waals surface area contributed by atoms with Gasteiger partial charge in [-0.2, -0.15) is 10.4 Å². The number of nitrogens with zero attached hydrogens (tertiary/aromatic N) is 3. The SMILES string of the molecule is COc1ccc(-c2nn(C)c3c2C(c2ccccc2)C(C#N)C(=N)O3)cc1OC. The monoisotopic (exact) mass is 388 g/mol. The topological polar surface area (TPSA) is 93.2 Å². The summed E-state index contributed by atoms with van der Waals surface area (Å²) in [7, 11) is 4.94. The first-order valence-corrected chi connectivity index (χ1v) is 9.09. The summed E-state index contributed by atoms with van der Waals surface area (Å²) in [6.45, 7) is 0. The molecule has 2 heterocycles. The summed E-state index contributed by atoms with van der Waals surface area (Å²) in [6, 6.07) is 17.5. The zero-order chi connectivity index (χ0) is 20.5. The van der Waals surface area contributed by atoms with Gasteiger partial charge in [-0.05, 0) is 23.8 Å². The molecular weight excluding hydrogens is 368 g/mol. The van der Waals surface area contributed by atoms with Crippen LogP contribution in [0.15, 0.2) is 48.5 Å². The Hall–Kier alpha value is -3.79. The van der Waals surface area contributed by atoms with E-state index in [1.807, 2.05) is 48.5 Å².